The van der Waals surface area contributed by atoms with Crippen molar-refractivity contribution in [3.63, 3.8) is 0 Å². The zero-order chi connectivity index (χ0) is 13.2. The molecule has 1 aromatic rings. The van der Waals surface area contributed by atoms with Crippen LogP contribution in [0.3, 0.4) is 0 Å². The van der Waals surface area contributed by atoms with Crippen LogP contribution in [0, 0.1) is 0 Å². The summed E-state index contributed by atoms with van der Waals surface area (Å²) in [7, 11) is 0. The van der Waals surface area contributed by atoms with Crippen molar-refractivity contribution in [2.75, 3.05) is 18.8 Å². The summed E-state index contributed by atoms with van der Waals surface area (Å²) in [5.74, 6) is 0.483. The molecular formula is C14H20N2OS. The number of nitrogens with one attached hydrogen (secondary N) is 2. The van der Waals surface area contributed by atoms with Gasteiger partial charge in [-0.3, -0.25) is 4.79 Å². The second-order valence-electron chi connectivity index (χ2n) is 3.81. The lowest BCUT2D eigenvalue weighted by molar-refractivity contribution is -0.118. The standard InChI is InChI=1S/C14H20N2OS/c1-3-9-16-14(17)11-18-13-7-5-12(6-8-13)10-15-4-2/h3,5-8,15H,1,4,9-11H2,2H3,(H,16,17). The molecule has 98 valence electrons. The molecule has 0 unspecified atom stereocenters. The summed E-state index contributed by atoms with van der Waals surface area (Å²) < 4.78 is 0. The molecule has 3 nitrogen and oxygen atoms in total. The molecule has 0 atom stereocenters. The van der Waals surface area contributed by atoms with E-state index < -0.39 is 0 Å². The van der Waals surface area contributed by atoms with E-state index in [4.69, 9.17) is 0 Å². The fourth-order valence-electron chi connectivity index (χ4n) is 1.36. The van der Waals surface area contributed by atoms with Crippen LogP contribution in [0.25, 0.3) is 0 Å². The maximum absolute atomic E-state index is 11.4. The van der Waals surface area contributed by atoms with Crippen LogP contribution in [0.5, 0.6) is 0 Å². The van der Waals surface area contributed by atoms with E-state index >= 15 is 0 Å². The Kier molecular flexibility index (Phi) is 7.22. The molecule has 1 amide bonds. The van der Waals surface area contributed by atoms with Crippen LogP contribution in [0.2, 0.25) is 0 Å². The number of carbonyl (C=O) groups is 1. The fraction of sp³-hybridized carbons (Fsp3) is 0.357. The Morgan fingerprint density at radius 3 is 2.72 bits per heavy atom. The third-order valence-corrected chi connectivity index (χ3v) is 3.33. The number of benzene rings is 1. The molecule has 1 rings (SSSR count). The molecule has 0 aromatic heterocycles. The van der Waals surface area contributed by atoms with Gasteiger partial charge in [0.25, 0.3) is 0 Å². The van der Waals surface area contributed by atoms with Crippen LogP contribution < -0.4 is 10.6 Å². The van der Waals surface area contributed by atoms with Gasteiger partial charge >= 0.3 is 0 Å². The summed E-state index contributed by atoms with van der Waals surface area (Å²) in [6, 6.07) is 8.29. The number of carbonyl (C=O) groups excluding carboxylic acids is 1. The summed E-state index contributed by atoms with van der Waals surface area (Å²) in [5.41, 5.74) is 1.26. The predicted molar refractivity (Wildman–Crippen MR) is 77.8 cm³/mol. The van der Waals surface area contributed by atoms with E-state index in [-0.39, 0.29) is 5.91 Å². The average molecular weight is 264 g/mol. The topological polar surface area (TPSA) is 41.1 Å². The van der Waals surface area contributed by atoms with Gasteiger partial charge in [-0.1, -0.05) is 25.1 Å². The van der Waals surface area contributed by atoms with Gasteiger partial charge in [-0.05, 0) is 24.2 Å². The van der Waals surface area contributed by atoms with E-state index in [1.807, 2.05) is 0 Å². The highest BCUT2D eigenvalue weighted by Gasteiger charge is 2.01. The van der Waals surface area contributed by atoms with E-state index in [1.54, 1.807) is 17.8 Å². The number of hydrogen-bond acceptors (Lipinski definition) is 3. The zero-order valence-electron chi connectivity index (χ0n) is 10.7. The fourth-order valence-corrected chi connectivity index (χ4v) is 2.09. The van der Waals surface area contributed by atoms with Crippen molar-refractivity contribution < 1.29 is 4.79 Å². The second-order valence-corrected chi connectivity index (χ2v) is 4.85. The summed E-state index contributed by atoms with van der Waals surface area (Å²) >= 11 is 1.54. The summed E-state index contributed by atoms with van der Waals surface area (Å²) in [6.07, 6.45) is 1.68. The van der Waals surface area contributed by atoms with Crippen LogP contribution in [0.15, 0.2) is 41.8 Å². The van der Waals surface area contributed by atoms with Gasteiger partial charge in [-0.15, -0.1) is 18.3 Å². The molecule has 0 aliphatic heterocycles. The molecule has 0 radical (unpaired) electrons. The summed E-state index contributed by atoms with van der Waals surface area (Å²) in [5, 5.41) is 6.03. The molecule has 0 saturated heterocycles. The van der Waals surface area contributed by atoms with Crippen molar-refractivity contribution in [1.82, 2.24) is 10.6 Å². The Labute approximate surface area is 113 Å². The van der Waals surface area contributed by atoms with E-state index in [0.29, 0.717) is 12.3 Å². The molecule has 0 bridgehead atoms. The molecular weight excluding hydrogens is 244 g/mol. The quantitative estimate of drug-likeness (QED) is 0.558. The molecule has 4 heteroatoms. The smallest absolute Gasteiger partial charge is 0.230 e. The van der Waals surface area contributed by atoms with Gasteiger partial charge in [0.05, 0.1) is 5.75 Å². The van der Waals surface area contributed by atoms with E-state index in [0.717, 1.165) is 18.0 Å². The van der Waals surface area contributed by atoms with Gasteiger partial charge in [0.1, 0.15) is 0 Å². The maximum Gasteiger partial charge on any atom is 0.230 e. The SMILES string of the molecule is C=CCNC(=O)CSc1ccc(CNCC)cc1. The minimum atomic E-state index is 0.0385. The third kappa shape index (κ3) is 5.89. The first-order valence-corrected chi connectivity index (χ1v) is 7.05. The minimum absolute atomic E-state index is 0.0385. The first kappa shape index (κ1) is 14.8. The maximum atomic E-state index is 11.4. The Morgan fingerprint density at radius 1 is 1.39 bits per heavy atom. The first-order chi connectivity index (χ1) is 8.76. The number of hydrogen-bond donors (Lipinski definition) is 2. The van der Waals surface area contributed by atoms with Gasteiger partial charge in [0.2, 0.25) is 5.91 Å². The largest absolute Gasteiger partial charge is 0.352 e. The molecule has 0 spiro atoms. The van der Waals surface area contributed by atoms with Crippen LogP contribution in [-0.4, -0.2) is 24.7 Å². The van der Waals surface area contributed by atoms with Crippen LogP contribution in [0.1, 0.15) is 12.5 Å². The zero-order valence-corrected chi connectivity index (χ0v) is 11.6. The highest BCUT2D eigenvalue weighted by Crippen LogP contribution is 2.18. The van der Waals surface area contributed by atoms with Crippen LogP contribution in [-0.2, 0) is 11.3 Å². The van der Waals surface area contributed by atoms with Crippen LogP contribution >= 0.6 is 11.8 Å². The number of amides is 1. The Morgan fingerprint density at radius 2 is 2.11 bits per heavy atom. The van der Waals surface area contributed by atoms with Crippen LogP contribution in [0.4, 0.5) is 0 Å². The van der Waals surface area contributed by atoms with Crippen molar-refractivity contribution in [2.24, 2.45) is 0 Å². The Bertz CT molecular complexity index is 376. The first-order valence-electron chi connectivity index (χ1n) is 6.06. The lowest BCUT2D eigenvalue weighted by atomic mass is 10.2. The summed E-state index contributed by atoms with van der Waals surface area (Å²) in [4.78, 5) is 12.5. The van der Waals surface area contributed by atoms with Crippen molar-refractivity contribution in [2.45, 2.75) is 18.4 Å². The van der Waals surface area contributed by atoms with Crippen molar-refractivity contribution in [1.29, 1.82) is 0 Å². The molecule has 0 saturated carbocycles. The minimum Gasteiger partial charge on any atom is -0.352 e. The Hall–Kier alpha value is -1.26. The lowest BCUT2D eigenvalue weighted by Crippen LogP contribution is -2.24. The average Bonchev–Trinajstić information content (AvgIpc) is 2.41. The van der Waals surface area contributed by atoms with Gasteiger partial charge in [0, 0.05) is 18.0 Å². The van der Waals surface area contributed by atoms with Gasteiger partial charge in [-0.2, -0.15) is 0 Å². The molecule has 0 fully saturated rings. The van der Waals surface area contributed by atoms with Gasteiger partial charge in [0.15, 0.2) is 0 Å². The van der Waals surface area contributed by atoms with Crippen molar-refractivity contribution in [3.05, 3.63) is 42.5 Å². The van der Waals surface area contributed by atoms with E-state index in [9.17, 15) is 4.79 Å². The van der Waals surface area contributed by atoms with Crippen molar-refractivity contribution >= 4 is 17.7 Å². The molecule has 2 N–H and O–H groups in total. The molecule has 0 heterocycles. The molecule has 1 aromatic carbocycles. The van der Waals surface area contributed by atoms with Gasteiger partial charge in [-0.25, -0.2) is 0 Å². The predicted octanol–water partition coefficient (Wildman–Crippen LogP) is 2.19. The highest BCUT2D eigenvalue weighted by atomic mass is 32.2. The normalized spacial score (nSPS) is 10.1. The second kappa shape index (κ2) is 8.78. The monoisotopic (exact) mass is 264 g/mol. The number of thioether (sulfide) groups is 1. The Balaban J connectivity index is 2.34. The molecule has 0 aliphatic carbocycles. The van der Waals surface area contributed by atoms with E-state index in [1.165, 1.54) is 5.56 Å². The lowest BCUT2D eigenvalue weighted by Gasteiger charge is -2.05. The molecule has 18 heavy (non-hydrogen) atoms. The van der Waals surface area contributed by atoms with E-state index in [2.05, 4.69) is 48.4 Å². The number of rotatable bonds is 8. The van der Waals surface area contributed by atoms with Crippen molar-refractivity contribution in [3.8, 4) is 0 Å². The summed E-state index contributed by atoms with van der Waals surface area (Å²) in [6.45, 7) is 8.04. The molecule has 0 aliphatic rings. The third-order valence-electron chi connectivity index (χ3n) is 2.32. The highest BCUT2D eigenvalue weighted by molar-refractivity contribution is 8.00. The van der Waals surface area contributed by atoms with Gasteiger partial charge < -0.3 is 10.6 Å².